The molecule has 1 N–H and O–H groups in total. The minimum Gasteiger partial charge on any atom is -0.355 e. The largest absolute Gasteiger partial charge is 0.355 e. The molecule has 1 fully saturated rings. The van der Waals surface area contributed by atoms with Crippen LogP contribution in [0.1, 0.15) is 39.0 Å². The van der Waals surface area contributed by atoms with E-state index in [1.165, 1.54) is 32.1 Å². The molecule has 1 saturated carbocycles. The van der Waals surface area contributed by atoms with Gasteiger partial charge in [-0.25, -0.2) is 0 Å². The lowest BCUT2D eigenvalue weighted by Gasteiger charge is -2.26. The molecule has 96 valence electrons. The van der Waals surface area contributed by atoms with E-state index in [0.717, 1.165) is 24.9 Å². The molecule has 0 aromatic rings. The number of methoxy groups -OCH3 is 2. The van der Waals surface area contributed by atoms with E-state index in [1.54, 1.807) is 14.2 Å². The minimum absolute atomic E-state index is 0.106. The predicted molar refractivity (Wildman–Crippen MR) is 66.4 cm³/mol. The quantitative estimate of drug-likeness (QED) is 0.537. The van der Waals surface area contributed by atoms with Gasteiger partial charge in [0.1, 0.15) is 0 Å². The molecular weight excluding hydrogens is 202 g/mol. The molecule has 0 heterocycles. The third kappa shape index (κ3) is 5.28. The molecular formula is C13H27NO2. The second kappa shape index (κ2) is 8.04. The van der Waals surface area contributed by atoms with Crippen LogP contribution in [0.5, 0.6) is 0 Å². The van der Waals surface area contributed by atoms with E-state index in [9.17, 15) is 0 Å². The third-order valence-corrected chi connectivity index (χ3v) is 3.61. The molecule has 1 aliphatic rings. The summed E-state index contributed by atoms with van der Waals surface area (Å²) in [6.07, 6.45) is 6.88. The summed E-state index contributed by atoms with van der Waals surface area (Å²) in [6, 6.07) is 0. The van der Waals surface area contributed by atoms with Crippen LogP contribution in [-0.2, 0) is 9.47 Å². The Morgan fingerprint density at radius 2 is 2.00 bits per heavy atom. The number of ether oxygens (including phenoxy) is 2. The smallest absolute Gasteiger partial charge is 0.169 e. The summed E-state index contributed by atoms with van der Waals surface area (Å²) in [5.41, 5.74) is 0. The zero-order chi connectivity index (χ0) is 11.8. The second-order valence-electron chi connectivity index (χ2n) is 5.03. The average Bonchev–Trinajstić information content (AvgIpc) is 2.29. The van der Waals surface area contributed by atoms with Crippen LogP contribution in [0.2, 0.25) is 0 Å². The normalized spacial score (nSPS) is 26.2. The van der Waals surface area contributed by atoms with Crippen LogP contribution in [0, 0.1) is 11.8 Å². The molecule has 0 radical (unpaired) electrons. The molecule has 3 nitrogen and oxygen atoms in total. The fourth-order valence-corrected chi connectivity index (χ4v) is 2.61. The van der Waals surface area contributed by atoms with E-state index in [4.69, 9.17) is 9.47 Å². The van der Waals surface area contributed by atoms with Crippen molar-refractivity contribution < 1.29 is 9.47 Å². The van der Waals surface area contributed by atoms with Gasteiger partial charge in [0.15, 0.2) is 6.29 Å². The first kappa shape index (κ1) is 13.9. The summed E-state index contributed by atoms with van der Waals surface area (Å²) in [4.78, 5) is 0. The maximum absolute atomic E-state index is 5.12. The fraction of sp³-hybridized carbons (Fsp3) is 1.00. The van der Waals surface area contributed by atoms with Gasteiger partial charge < -0.3 is 14.8 Å². The van der Waals surface area contributed by atoms with Gasteiger partial charge in [0.25, 0.3) is 0 Å². The number of hydrogen-bond donors (Lipinski definition) is 1. The van der Waals surface area contributed by atoms with Gasteiger partial charge in [-0.05, 0) is 31.2 Å². The zero-order valence-electron chi connectivity index (χ0n) is 11.0. The highest BCUT2D eigenvalue weighted by molar-refractivity contribution is 4.71. The molecule has 1 aliphatic carbocycles. The van der Waals surface area contributed by atoms with E-state index in [-0.39, 0.29) is 6.29 Å². The number of nitrogens with one attached hydrogen (secondary N) is 1. The highest BCUT2D eigenvalue weighted by Gasteiger charge is 2.18. The van der Waals surface area contributed by atoms with Crippen molar-refractivity contribution >= 4 is 0 Å². The average molecular weight is 229 g/mol. The highest BCUT2D eigenvalue weighted by atomic mass is 16.7. The Balaban J connectivity index is 2.02. The van der Waals surface area contributed by atoms with Gasteiger partial charge in [0.05, 0.1) is 0 Å². The van der Waals surface area contributed by atoms with Crippen molar-refractivity contribution in [3.8, 4) is 0 Å². The summed E-state index contributed by atoms with van der Waals surface area (Å²) in [7, 11) is 3.36. The Morgan fingerprint density at radius 1 is 1.25 bits per heavy atom. The molecule has 0 amide bonds. The van der Waals surface area contributed by atoms with E-state index in [1.807, 2.05) is 0 Å². The molecule has 0 aliphatic heterocycles. The Bertz CT molecular complexity index is 171. The molecule has 2 unspecified atom stereocenters. The minimum atomic E-state index is -0.106. The van der Waals surface area contributed by atoms with Crippen LogP contribution in [0.25, 0.3) is 0 Å². The molecule has 0 saturated heterocycles. The van der Waals surface area contributed by atoms with Crippen LogP contribution in [-0.4, -0.2) is 33.6 Å². The van der Waals surface area contributed by atoms with Gasteiger partial charge in [-0.1, -0.05) is 26.2 Å². The van der Waals surface area contributed by atoms with Gasteiger partial charge in [-0.15, -0.1) is 0 Å². The Labute approximate surface area is 99.9 Å². The lowest BCUT2D eigenvalue weighted by atomic mass is 9.81. The number of rotatable bonds is 7. The van der Waals surface area contributed by atoms with E-state index >= 15 is 0 Å². The molecule has 1 rings (SSSR count). The van der Waals surface area contributed by atoms with Crippen molar-refractivity contribution in [2.24, 2.45) is 11.8 Å². The van der Waals surface area contributed by atoms with Crippen LogP contribution in [0.3, 0.4) is 0 Å². The molecule has 0 aromatic carbocycles. The first-order chi connectivity index (χ1) is 7.76. The Hall–Kier alpha value is -0.120. The molecule has 0 spiro atoms. The summed E-state index contributed by atoms with van der Waals surface area (Å²) in [6.45, 7) is 4.25. The summed E-state index contributed by atoms with van der Waals surface area (Å²) in [5, 5.41) is 3.40. The van der Waals surface area contributed by atoms with E-state index < -0.39 is 0 Å². The van der Waals surface area contributed by atoms with Crippen molar-refractivity contribution in [2.45, 2.75) is 45.3 Å². The van der Waals surface area contributed by atoms with Gasteiger partial charge in [0.2, 0.25) is 0 Å². The maximum atomic E-state index is 5.12. The standard InChI is InChI=1S/C13H27NO2/c1-11-5-4-6-12(9-11)7-8-14-10-13(15-2)16-3/h11-14H,4-10H2,1-3H3. The summed E-state index contributed by atoms with van der Waals surface area (Å²) in [5.74, 6) is 1.87. The van der Waals surface area contributed by atoms with Gasteiger partial charge in [0, 0.05) is 20.8 Å². The van der Waals surface area contributed by atoms with Crippen molar-refractivity contribution in [2.75, 3.05) is 27.3 Å². The zero-order valence-corrected chi connectivity index (χ0v) is 11.0. The fourth-order valence-electron chi connectivity index (χ4n) is 2.61. The summed E-state index contributed by atoms with van der Waals surface area (Å²) >= 11 is 0. The van der Waals surface area contributed by atoms with Crippen molar-refractivity contribution in [3.63, 3.8) is 0 Å². The number of hydrogen-bond acceptors (Lipinski definition) is 3. The first-order valence-corrected chi connectivity index (χ1v) is 6.52. The van der Waals surface area contributed by atoms with Crippen molar-refractivity contribution in [1.29, 1.82) is 0 Å². The third-order valence-electron chi connectivity index (χ3n) is 3.61. The lowest BCUT2D eigenvalue weighted by molar-refractivity contribution is -0.0987. The first-order valence-electron chi connectivity index (χ1n) is 6.52. The van der Waals surface area contributed by atoms with Crippen LogP contribution >= 0.6 is 0 Å². The Kier molecular flexibility index (Phi) is 7.01. The maximum Gasteiger partial charge on any atom is 0.169 e. The highest BCUT2D eigenvalue weighted by Crippen LogP contribution is 2.30. The SMILES string of the molecule is COC(CNCCC1CCCC(C)C1)OC. The van der Waals surface area contributed by atoms with E-state index in [2.05, 4.69) is 12.2 Å². The second-order valence-corrected chi connectivity index (χ2v) is 5.03. The van der Waals surface area contributed by atoms with Gasteiger partial charge in [-0.2, -0.15) is 0 Å². The molecule has 0 bridgehead atoms. The topological polar surface area (TPSA) is 30.5 Å². The predicted octanol–water partition coefficient (Wildman–Crippen LogP) is 2.41. The molecule has 3 heteroatoms. The van der Waals surface area contributed by atoms with Gasteiger partial charge >= 0.3 is 0 Å². The van der Waals surface area contributed by atoms with Crippen molar-refractivity contribution in [3.05, 3.63) is 0 Å². The van der Waals surface area contributed by atoms with Gasteiger partial charge in [-0.3, -0.25) is 0 Å². The van der Waals surface area contributed by atoms with Crippen LogP contribution in [0.15, 0.2) is 0 Å². The van der Waals surface area contributed by atoms with Crippen LogP contribution in [0.4, 0.5) is 0 Å². The monoisotopic (exact) mass is 229 g/mol. The van der Waals surface area contributed by atoms with E-state index in [0.29, 0.717) is 0 Å². The molecule has 16 heavy (non-hydrogen) atoms. The lowest BCUT2D eigenvalue weighted by Crippen LogP contribution is -2.31. The Morgan fingerprint density at radius 3 is 2.62 bits per heavy atom. The summed E-state index contributed by atoms with van der Waals surface area (Å²) < 4.78 is 10.2. The van der Waals surface area contributed by atoms with Crippen molar-refractivity contribution in [1.82, 2.24) is 5.32 Å². The van der Waals surface area contributed by atoms with Crippen LogP contribution < -0.4 is 5.32 Å². The molecule has 2 atom stereocenters. The molecule has 0 aromatic heterocycles.